The number of hydrogen-bond donors (Lipinski definition) is 1. The first-order valence-electron chi connectivity index (χ1n) is 7.66. The number of nitrogens with two attached hydrogens (primary N) is 1. The Morgan fingerprint density at radius 2 is 2.15 bits per heavy atom. The Balaban J connectivity index is 1.65. The van der Waals surface area contributed by atoms with Crippen LogP contribution in [0.25, 0.3) is 0 Å². The van der Waals surface area contributed by atoms with E-state index in [4.69, 9.17) is 10.5 Å². The molecule has 2 rings (SSSR count). The number of nitrogen functional groups attached to an aromatic ring is 1. The van der Waals surface area contributed by atoms with E-state index in [0.717, 1.165) is 36.9 Å². The first kappa shape index (κ1) is 15.2. The number of hydrogen-bond acceptors (Lipinski definition) is 3. The Bertz CT molecular complexity index is 425. The zero-order valence-corrected chi connectivity index (χ0v) is 13.1. The number of anilines is 1. The summed E-state index contributed by atoms with van der Waals surface area (Å²) >= 11 is 0. The summed E-state index contributed by atoms with van der Waals surface area (Å²) in [7, 11) is 0. The van der Waals surface area contributed by atoms with Crippen molar-refractivity contribution in [1.29, 1.82) is 0 Å². The van der Waals surface area contributed by atoms with Crippen LogP contribution < -0.4 is 10.5 Å². The van der Waals surface area contributed by atoms with Crippen molar-refractivity contribution >= 4 is 5.69 Å². The third-order valence-corrected chi connectivity index (χ3v) is 4.24. The van der Waals surface area contributed by atoms with E-state index in [1.807, 2.05) is 24.3 Å². The zero-order valence-electron chi connectivity index (χ0n) is 13.1. The van der Waals surface area contributed by atoms with Gasteiger partial charge in [-0.3, -0.25) is 0 Å². The predicted molar refractivity (Wildman–Crippen MR) is 85.0 cm³/mol. The Morgan fingerprint density at radius 1 is 1.35 bits per heavy atom. The van der Waals surface area contributed by atoms with Gasteiger partial charge in [-0.05, 0) is 42.9 Å². The fourth-order valence-corrected chi connectivity index (χ4v) is 2.83. The van der Waals surface area contributed by atoms with Crippen molar-refractivity contribution in [3.63, 3.8) is 0 Å². The Hall–Kier alpha value is -1.22. The number of benzene rings is 1. The molecule has 0 bridgehead atoms. The van der Waals surface area contributed by atoms with Crippen LogP contribution in [0.4, 0.5) is 5.69 Å². The molecule has 0 spiro atoms. The van der Waals surface area contributed by atoms with Gasteiger partial charge in [0.15, 0.2) is 0 Å². The number of nitrogens with zero attached hydrogens (tertiary/aromatic N) is 1. The molecule has 1 saturated heterocycles. The van der Waals surface area contributed by atoms with Crippen LogP contribution in [0.15, 0.2) is 24.3 Å². The summed E-state index contributed by atoms with van der Waals surface area (Å²) in [5.74, 6) is 1.70. The average Bonchev–Trinajstić information content (AvgIpc) is 2.83. The molecule has 3 nitrogen and oxygen atoms in total. The third-order valence-electron chi connectivity index (χ3n) is 4.24. The van der Waals surface area contributed by atoms with Crippen LogP contribution in [0.2, 0.25) is 0 Å². The molecule has 1 aromatic carbocycles. The van der Waals surface area contributed by atoms with E-state index in [1.165, 1.54) is 19.5 Å². The molecule has 2 N–H and O–H groups in total. The number of ether oxygens (including phenoxy) is 1. The molecule has 0 radical (unpaired) electrons. The monoisotopic (exact) mass is 276 g/mol. The van der Waals surface area contributed by atoms with Crippen molar-refractivity contribution in [1.82, 2.24) is 4.90 Å². The summed E-state index contributed by atoms with van der Waals surface area (Å²) in [5, 5.41) is 0. The van der Waals surface area contributed by atoms with Gasteiger partial charge in [-0.1, -0.05) is 26.8 Å². The van der Waals surface area contributed by atoms with Crippen molar-refractivity contribution in [3.8, 4) is 5.75 Å². The van der Waals surface area contributed by atoms with Gasteiger partial charge >= 0.3 is 0 Å². The molecule has 0 aliphatic carbocycles. The lowest BCUT2D eigenvalue weighted by Crippen LogP contribution is -2.27. The summed E-state index contributed by atoms with van der Waals surface area (Å²) in [6, 6.07) is 7.65. The van der Waals surface area contributed by atoms with Crippen molar-refractivity contribution < 1.29 is 4.74 Å². The lowest BCUT2D eigenvalue weighted by atomic mass is 9.80. The average molecular weight is 276 g/mol. The lowest BCUT2D eigenvalue weighted by molar-refractivity contribution is 0.218. The molecule has 1 aromatic rings. The molecule has 1 fully saturated rings. The molecular formula is C17H28N2O. The van der Waals surface area contributed by atoms with Crippen LogP contribution in [-0.4, -0.2) is 31.1 Å². The minimum Gasteiger partial charge on any atom is -0.493 e. The van der Waals surface area contributed by atoms with Crippen LogP contribution >= 0.6 is 0 Å². The van der Waals surface area contributed by atoms with Crippen molar-refractivity contribution in [2.24, 2.45) is 11.3 Å². The maximum absolute atomic E-state index is 5.73. The second kappa shape index (κ2) is 6.49. The highest BCUT2D eigenvalue weighted by Gasteiger charge is 2.31. The van der Waals surface area contributed by atoms with Gasteiger partial charge in [0.25, 0.3) is 0 Å². The SMILES string of the molecule is CC(C)(C)C1CCN(CCCOc2cccc(N)c2)C1. The van der Waals surface area contributed by atoms with E-state index in [9.17, 15) is 0 Å². The molecule has 1 aliphatic rings. The molecule has 1 atom stereocenters. The van der Waals surface area contributed by atoms with Gasteiger partial charge in [-0.15, -0.1) is 0 Å². The second-order valence-corrected chi connectivity index (χ2v) is 6.93. The lowest BCUT2D eigenvalue weighted by Gasteiger charge is -2.27. The van der Waals surface area contributed by atoms with Crippen LogP contribution in [0.3, 0.4) is 0 Å². The maximum atomic E-state index is 5.73. The fraction of sp³-hybridized carbons (Fsp3) is 0.647. The Labute approximate surface area is 123 Å². The molecular weight excluding hydrogens is 248 g/mol. The largest absolute Gasteiger partial charge is 0.493 e. The van der Waals surface area contributed by atoms with E-state index in [2.05, 4.69) is 25.7 Å². The molecule has 0 saturated carbocycles. The van der Waals surface area contributed by atoms with Gasteiger partial charge in [0.1, 0.15) is 5.75 Å². The first-order valence-corrected chi connectivity index (χ1v) is 7.66. The highest BCUT2D eigenvalue weighted by molar-refractivity contribution is 5.43. The van der Waals surface area contributed by atoms with Crippen LogP contribution in [0.1, 0.15) is 33.6 Å². The van der Waals surface area contributed by atoms with Crippen molar-refractivity contribution in [2.45, 2.75) is 33.6 Å². The minimum atomic E-state index is 0.437. The van der Waals surface area contributed by atoms with Crippen LogP contribution in [-0.2, 0) is 0 Å². The molecule has 20 heavy (non-hydrogen) atoms. The summed E-state index contributed by atoms with van der Waals surface area (Å²) in [5.41, 5.74) is 6.93. The summed E-state index contributed by atoms with van der Waals surface area (Å²) < 4.78 is 5.73. The maximum Gasteiger partial charge on any atom is 0.121 e. The van der Waals surface area contributed by atoms with E-state index in [1.54, 1.807) is 0 Å². The molecule has 0 aromatic heterocycles. The van der Waals surface area contributed by atoms with Crippen molar-refractivity contribution in [3.05, 3.63) is 24.3 Å². The molecule has 1 heterocycles. The molecule has 0 amide bonds. The fourth-order valence-electron chi connectivity index (χ4n) is 2.83. The van der Waals surface area contributed by atoms with E-state index in [-0.39, 0.29) is 0 Å². The molecule has 1 aliphatic heterocycles. The van der Waals surface area contributed by atoms with Gasteiger partial charge < -0.3 is 15.4 Å². The van der Waals surface area contributed by atoms with E-state index in [0.29, 0.717) is 5.41 Å². The highest BCUT2D eigenvalue weighted by Crippen LogP contribution is 2.33. The first-order chi connectivity index (χ1) is 9.45. The smallest absolute Gasteiger partial charge is 0.121 e. The van der Waals surface area contributed by atoms with Gasteiger partial charge in [0.2, 0.25) is 0 Å². The van der Waals surface area contributed by atoms with Crippen LogP contribution in [0, 0.1) is 11.3 Å². The normalized spacial score (nSPS) is 20.2. The quantitative estimate of drug-likeness (QED) is 0.661. The standard InChI is InChI=1S/C17H28N2O/c1-17(2,3)14-8-10-19(13-14)9-5-11-20-16-7-4-6-15(18)12-16/h4,6-7,12,14H,5,8-11,13,18H2,1-3H3. The molecule has 112 valence electrons. The molecule has 3 heteroatoms. The summed E-state index contributed by atoms with van der Waals surface area (Å²) in [6.07, 6.45) is 2.41. The Kier molecular flexibility index (Phi) is 4.92. The van der Waals surface area contributed by atoms with Gasteiger partial charge in [0, 0.05) is 24.8 Å². The molecule has 1 unspecified atom stereocenters. The predicted octanol–water partition coefficient (Wildman–Crippen LogP) is 3.41. The third kappa shape index (κ3) is 4.41. The topological polar surface area (TPSA) is 38.5 Å². The van der Waals surface area contributed by atoms with E-state index >= 15 is 0 Å². The van der Waals surface area contributed by atoms with Crippen molar-refractivity contribution in [2.75, 3.05) is 32.0 Å². The summed E-state index contributed by atoms with van der Waals surface area (Å²) in [6.45, 7) is 11.4. The summed E-state index contributed by atoms with van der Waals surface area (Å²) in [4.78, 5) is 2.57. The van der Waals surface area contributed by atoms with E-state index < -0.39 is 0 Å². The van der Waals surface area contributed by atoms with Gasteiger partial charge in [-0.25, -0.2) is 0 Å². The minimum absolute atomic E-state index is 0.437. The highest BCUT2D eigenvalue weighted by atomic mass is 16.5. The second-order valence-electron chi connectivity index (χ2n) is 6.93. The van der Waals surface area contributed by atoms with Gasteiger partial charge in [0.05, 0.1) is 6.61 Å². The van der Waals surface area contributed by atoms with Gasteiger partial charge in [-0.2, -0.15) is 0 Å². The number of rotatable bonds is 5. The Morgan fingerprint density at radius 3 is 2.80 bits per heavy atom. The van der Waals surface area contributed by atoms with Crippen LogP contribution in [0.5, 0.6) is 5.75 Å². The number of likely N-dealkylation sites (tertiary alicyclic amines) is 1. The zero-order chi connectivity index (χ0) is 14.6.